The van der Waals surface area contributed by atoms with Gasteiger partial charge in [0, 0.05) is 6.54 Å². The lowest BCUT2D eigenvalue weighted by Gasteiger charge is -2.22. The third-order valence-electron chi connectivity index (χ3n) is 2.55. The van der Waals surface area contributed by atoms with Gasteiger partial charge in [-0.2, -0.15) is 0 Å². The van der Waals surface area contributed by atoms with Gasteiger partial charge in [-0.05, 0) is 27.7 Å². The summed E-state index contributed by atoms with van der Waals surface area (Å²) >= 11 is 0. The van der Waals surface area contributed by atoms with Crippen LogP contribution in [-0.2, 0) is 9.53 Å². The van der Waals surface area contributed by atoms with Gasteiger partial charge in [-0.1, -0.05) is 0 Å². The van der Waals surface area contributed by atoms with Crippen molar-refractivity contribution in [2.75, 3.05) is 17.6 Å². The Hall–Kier alpha value is -2.58. The Morgan fingerprint density at radius 3 is 2.59 bits per heavy atom. The molecule has 0 aliphatic heterocycles. The maximum absolute atomic E-state index is 11.6. The molecular formula is C13H21N5O4. The average molecular weight is 311 g/mol. The highest BCUT2D eigenvalue weighted by atomic mass is 16.6. The highest BCUT2D eigenvalue weighted by Gasteiger charge is 2.24. The summed E-state index contributed by atoms with van der Waals surface area (Å²) in [5, 5.41) is 14.2. The first-order valence-electron chi connectivity index (χ1n) is 6.63. The predicted octanol–water partition coefficient (Wildman–Crippen LogP) is 0.757. The molecule has 0 fully saturated rings. The molecule has 1 aromatic heterocycles. The van der Waals surface area contributed by atoms with Crippen molar-refractivity contribution in [3.63, 3.8) is 0 Å². The van der Waals surface area contributed by atoms with Gasteiger partial charge in [0.25, 0.3) is 0 Å². The Labute approximate surface area is 128 Å². The summed E-state index contributed by atoms with van der Waals surface area (Å²) in [7, 11) is 0. The van der Waals surface area contributed by atoms with Gasteiger partial charge < -0.3 is 26.2 Å². The van der Waals surface area contributed by atoms with Crippen molar-refractivity contribution in [2.45, 2.75) is 39.3 Å². The van der Waals surface area contributed by atoms with E-state index in [0.29, 0.717) is 17.2 Å². The zero-order valence-electron chi connectivity index (χ0n) is 13.0. The molecule has 1 rings (SSSR count). The van der Waals surface area contributed by atoms with Crippen molar-refractivity contribution in [3.8, 4) is 0 Å². The standard InChI is InChI=1S/C13H21N5O4/c1-7-9(14)10(17-6-16-7)15-5-8(11(19)20)18-12(21)22-13(2,3)4/h6,8H,5,14H2,1-4H3,(H,18,21)(H,19,20)(H,15,16,17). The van der Waals surface area contributed by atoms with Crippen LogP contribution >= 0.6 is 0 Å². The maximum atomic E-state index is 11.6. The van der Waals surface area contributed by atoms with Crippen LogP contribution in [0, 0.1) is 6.92 Å². The second kappa shape index (κ2) is 6.92. The Kier molecular flexibility index (Phi) is 5.50. The predicted molar refractivity (Wildman–Crippen MR) is 80.5 cm³/mol. The molecule has 22 heavy (non-hydrogen) atoms. The van der Waals surface area contributed by atoms with E-state index in [0.717, 1.165) is 0 Å². The number of ether oxygens (including phenoxy) is 1. The number of aryl methyl sites for hydroxylation is 1. The zero-order chi connectivity index (χ0) is 16.9. The third kappa shape index (κ3) is 5.43. The monoisotopic (exact) mass is 311 g/mol. The number of anilines is 2. The molecule has 9 heteroatoms. The molecule has 0 spiro atoms. The maximum Gasteiger partial charge on any atom is 0.408 e. The van der Waals surface area contributed by atoms with Crippen LogP contribution in [0.25, 0.3) is 0 Å². The topological polar surface area (TPSA) is 139 Å². The van der Waals surface area contributed by atoms with Crippen LogP contribution in [0.4, 0.5) is 16.3 Å². The van der Waals surface area contributed by atoms with E-state index in [2.05, 4.69) is 20.6 Å². The number of hydrogen-bond donors (Lipinski definition) is 4. The van der Waals surface area contributed by atoms with Crippen LogP contribution in [0.3, 0.4) is 0 Å². The van der Waals surface area contributed by atoms with Crippen molar-refractivity contribution in [3.05, 3.63) is 12.0 Å². The van der Waals surface area contributed by atoms with Crippen LogP contribution in [0.2, 0.25) is 0 Å². The number of aromatic nitrogens is 2. The van der Waals surface area contributed by atoms with E-state index in [1.165, 1.54) is 6.33 Å². The van der Waals surface area contributed by atoms with Gasteiger partial charge in [0.15, 0.2) is 5.82 Å². The second-order valence-corrected chi connectivity index (χ2v) is 5.64. The first-order chi connectivity index (χ1) is 10.1. The van der Waals surface area contributed by atoms with Crippen molar-refractivity contribution in [1.29, 1.82) is 0 Å². The molecule has 1 aromatic rings. The molecule has 0 saturated carbocycles. The first kappa shape index (κ1) is 17.5. The van der Waals surface area contributed by atoms with Crippen LogP contribution in [-0.4, -0.2) is 45.3 Å². The van der Waals surface area contributed by atoms with Gasteiger partial charge in [0.2, 0.25) is 0 Å². The van der Waals surface area contributed by atoms with Gasteiger partial charge >= 0.3 is 12.1 Å². The fourth-order valence-electron chi connectivity index (χ4n) is 1.47. The highest BCUT2D eigenvalue weighted by Crippen LogP contribution is 2.16. The number of alkyl carbamates (subject to hydrolysis) is 1. The molecule has 9 nitrogen and oxygen atoms in total. The fraction of sp³-hybridized carbons (Fsp3) is 0.538. The number of hydrogen-bond acceptors (Lipinski definition) is 7. The molecule has 0 aliphatic rings. The molecule has 0 radical (unpaired) electrons. The first-order valence-corrected chi connectivity index (χ1v) is 6.63. The van der Waals surface area contributed by atoms with Crippen LogP contribution in [0.15, 0.2) is 6.33 Å². The van der Waals surface area contributed by atoms with Gasteiger partial charge in [-0.15, -0.1) is 0 Å². The van der Waals surface area contributed by atoms with E-state index in [1.807, 2.05) is 0 Å². The number of nitrogens with two attached hydrogens (primary N) is 1. The second-order valence-electron chi connectivity index (χ2n) is 5.64. The van der Waals surface area contributed by atoms with Gasteiger partial charge in [0.1, 0.15) is 18.0 Å². The van der Waals surface area contributed by atoms with E-state index in [4.69, 9.17) is 15.6 Å². The van der Waals surface area contributed by atoms with E-state index in [-0.39, 0.29) is 6.54 Å². The molecule has 0 saturated heterocycles. The van der Waals surface area contributed by atoms with Crippen molar-refractivity contribution < 1.29 is 19.4 Å². The van der Waals surface area contributed by atoms with E-state index in [9.17, 15) is 9.59 Å². The molecule has 0 aromatic carbocycles. The molecule has 1 atom stereocenters. The average Bonchev–Trinajstić information content (AvgIpc) is 2.36. The minimum Gasteiger partial charge on any atom is -0.480 e. The van der Waals surface area contributed by atoms with E-state index >= 15 is 0 Å². The SMILES string of the molecule is Cc1ncnc(NCC(NC(=O)OC(C)(C)C)C(=O)O)c1N. The Morgan fingerprint density at radius 1 is 1.41 bits per heavy atom. The number of nitrogen functional groups attached to an aromatic ring is 1. The largest absolute Gasteiger partial charge is 0.480 e. The summed E-state index contributed by atoms with van der Waals surface area (Å²) in [6, 6.07) is -1.19. The molecule has 1 heterocycles. The number of nitrogens with zero attached hydrogens (tertiary/aromatic N) is 2. The quantitative estimate of drug-likeness (QED) is 0.624. The summed E-state index contributed by atoms with van der Waals surface area (Å²) in [6.45, 7) is 6.66. The molecule has 0 aliphatic carbocycles. The number of rotatable bonds is 5. The molecular weight excluding hydrogens is 290 g/mol. The summed E-state index contributed by atoms with van der Waals surface area (Å²) < 4.78 is 5.02. The molecule has 0 bridgehead atoms. The van der Waals surface area contributed by atoms with Crippen LogP contribution < -0.4 is 16.4 Å². The molecule has 5 N–H and O–H groups in total. The van der Waals surface area contributed by atoms with E-state index < -0.39 is 23.7 Å². The normalized spacial score (nSPS) is 12.4. The van der Waals surface area contributed by atoms with Crippen molar-refractivity contribution in [2.24, 2.45) is 0 Å². The smallest absolute Gasteiger partial charge is 0.408 e. The van der Waals surface area contributed by atoms with Gasteiger partial charge in [-0.25, -0.2) is 19.6 Å². The van der Waals surface area contributed by atoms with Gasteiger partial charge in [0.05, 0.1) is 11.4 Å². The lowest BCUT2D eigenvalue weighted by atomic mass is 10.2. The summed E-state index contributed by atoms with van der Waals surface area (Å²) in [5.74, 6) is -0.896. The van der Waals surface area contributed by atoms with E-state index in [1.54, 1.807) is 27.7 Å². The number of carboxylic acids is 1. The lowest BCUT2D eigenvalue weighted by Crippen LogP contribution is -2.47. The summed E-state index contributed by atoms with van der Waals surface area (Å²) in [4.78, 5) is 30.7. The van der Waals surface area contributed by atoms with Crippen LogP contribution in [0.5, 0.6) is 0 Å². The number of amides is 1. The van der Waals surface area contributed by atoms with Crippen LogP contribution in [0.1, 0.15) is 26.5 Å². The third-order valence-corrected chi connectivity index (χ3v) is 2.55. The minimum absolute atomic E-state index is 0.102. The number of carbonyl (C=O) groups is 2. The lowest BCUT2D eigenvalue weighted by molar-refractivity contribution is -0.139. The highest BCUT2D eigenvalue weighted by molar-refractivity contribution is 5.80. The number of carboxylic acid groups (broad SMARTS) is 1. The number of carbonyl (C=O) groups excluding carboxylic acids is 1. The zero-order valence-corrected chi connectivity index (χ0v) is 13.0. The molecule has 1 amide bonds. The van der Waals surface area contributed by atoms with Gasteiger partial charge in [-0.3, -0.25) is 0 Å². The molecule has 122 valence electrons. The number of nitrogens with one attached hydrogen (secondary N) is 2. The Bertz CT molecular complexity index is 556. The Morgan fingerprint density at radius 2 is 2.05 bits per heavy atom. The summed E-state index contributed by atoms with van der Waals surface area (Å²) in [6.07, 6.45) is 0.499. The number of aliphatic carboxylic acids is 1. The minimum atomic E-state index is -1.21. The Balaban J connectivity index is 2.67. The fourth-order valence-corrected chi connectivity index (χ4v) is 1.47. The summed E-state index contributed by atoms with van der Waals surface area (Å²) in [5.41, 5.74) is 5.97. The van der Waals surface area contributed by atoms with Crippen molar-refractivity contribution >= 4 is 23.6 Å². The van der Waals surface area contributed by atoms with Crippen molar-refractivity contribution in [1.82, 2.24) is 15.3 Å². The molecule has 1 unspecified atom stereocenters.